The number of thioether (sulfide) groups is 1. The van der Waals surface area contributed by atoms with Gasteiger partial charge in [0.25, 0.3) is 0 Å². The second-order valence-corrected chi connectivity index (χ2v) is 7.45. The zero-order chi connectivity index (χ0) is 18.4. The Balaban J connectivity index is 2.00. The van der Waals surface area contributed by atoms with E-state index in [1.165, 1.54) is 11.8 Å². The molecule has 0 N–H and O–H groups in total. The summed E-state index contributed by atoms with van der Waals surface area (Å²) >= 11 is 7.41. The van der Waals surface area contributed by atoms with Gasteiger partial charge in [-0.2, -0.15) is 0 Å². The number of hydrogen-bond acceptors (Lipinski definition) is 4. The van der Waals surface area contributed by atoms with Crippen LogP contribution in [0.25, 0.3) is 0 Å². The summed E-state index contributed by atoms with van der Waals surface area (Å²) in [6, 6.07) is 13.2. The summed E-state index contributed by atoms with van der Waals surface area (Å²) in [5.74, 6) is 1.39. The van der Waals surface area contributed by atoms with Crippen LogP contribution in [-0.2, 0) is 11.3 Å². The third kappa shape index (κ3) is 5.31. The van der Waals surface area contributed by atoms with Gasteiger partial charge in [0.05, 0.1) is 19.5 Å². The Bertz CT molecular complexity index is 721. The average molecular weight is 380 g/mol. The maximum atomic E-state index is 12.6. The van der Waals surface area contributed by atoms with Gasteiger partial charge in [0.15, 0.2) is 11.5 Å². The van der Waals surface area contributed by atoms with Crippen LogP contribution in [-0.4, -0.2) is 37.3 Å². The molecular formula is C19H22ClNO3S. The van der Waals surface area contributed by atoms with Crippen LogP contribution in [0.15, 0.2) is 47.4 Å². The van der Waals surface area contributed by atoms with Crippen molar-refractivity contribution in [1.82, 2.24) is 4.90 Å². The predicted octanol–water partition coefficient (Wildman–Crippen LogP) is 4.50. The molecule has 134 valence electrons. The van der Waals surface area contributed by atoms with Gasteiger partial charge in [-0.15, -0.1) is 11.8 Å². The first kappa shape index (κ1) is 19.5. The highest BCUT2D eigenvalue weighted by Gasteiger charge is 2.19. The number of methoxy groups -OCH3 is 2. The molecule has 1 atom stereocenters. The molecule has 0 bridgehead atoms. The first-order valence-corrected chi connectivity index (χ1v) is 9.08. The third-order valence-electron chi connectivity index (χ3n) is 3.72. The number of benzene rings is 2. The monoisotopic (exact) mass is 379 g/mol. The van der Waals surface area contributed by atoms with Gasteiger partial charge in [-0.25, -0.2) is 0 Å². The van der Waals surface area contributed by atoms with Crippen molar-refractivity contribution in [2.24, 2.45) is 0 Å². The minimum atomic E-state index is -0.189. The van der Waals surface area contributed by atoms with Gasteiger partial charge in [-0.05, 0) is 48.9 Å². The molecule has 0 heterocycles. The third-order valence-corrected chi connectivity index (χ3v) is 5.07. The van der Waals surface area contributed by atoms with E-state index in [0.717, 1.165) is 10.5 Å². The topological polar surface area (TPSA) is 38.8 Å². The number of rotatable bonds is 7. The molecular weight excluding hydrogens is 358 g/mol. The molecule has 1 amide bonds. The van der Waals surface area contributed by atoms with Crippen molar-refractivity contribution >= 4 is 29.3 Å². The standard InChI is InChI=1S/C19H22ClNO3S/c1-13(25-16-8-6-15(20)7-9-16)19(22)21(2)12-14-5-10-17(23-3)18(11-14)24-4/h5-11,13H,12H2,1-4H3/t13-/m1/s1. The minimum Gasteiger partial charge on any atom is -0.493 e. The molecule has 0 unspecified atom stereocenters. The first-order valence-electron chi connectivity index (χ1n) is 7.82. The Kier molecular flexibility index (Phi) is 7.02. The number of halogens is 1. The number of carbonyl (C=O) groups excluding carboxylic acids is 1. The Labute approximate surface area is 158 Å². The molecule has 6 heteroatoms. The lowest BCUT2D eigenvalue weighted by molar-refractivity contribution is -0.129. The summed E-state index contributed by atoms with van der Waals surface area (Å²) in [7, 11) is 5.00. The fourth-order valence-corrected chi connectivity index (χ4v) is 3.52. The minimum absolute atomic E-state index is 0.0646. The van der Waals surface area contributed by atoms with Crippen LogP contribution >= 0.6 is 23.4 Å². The van der Waals surface area contributed by atoms with Gasteiger partial charge in [0.1, 0.15) is 0 Å². The summed E-state index contributed by atoms with van der Waals surface area (Å²) in [5.41, 5.74) is 0.984. The van der Waals surface area contributed by atoms with Gasteiger partial charge in [-0.3, -0.25) is 4.79 Å². The molecule has 0 saturated heterocycles. The largest absolute Gasteiger partial charge is 0.493 e. The highest BCUT2D eigenvalue weighted by molar-refractivity contribution is 8.00. The van der Waals surface area contributed by atoms with Gasteiger partial charge >= 0.3 is 0 Å². The number of ether oxygens (including phenoxy) is 2. The van der Waals surface area contributed by atoms with Crippen molar-refractivity contribution in [1.29, 1.82) is 0 Å². The van der Waals surface area contributed by atoms with Crippen LogP contribution in [0.4, 0.5) is 0 Å². The van der Waals surface area contributed by atoms with Crippen LogP contribution in [0.5, 0.6) is 11.5 Å². The van der Waals surface area contributed by atoms with E-state index in [4.69, 9.17) is 21.1 Å². The Morgan fingerprint density at radius 3 is 2.36 bits per heavy atom. The van der Waals surface area contributed by atoms with Gasteiger partial charge in [-0.1, -0.05) is 17.7 Å². The molecule has 0 radical (unpaired) electrons. The number of nitrogens with zero attached hydrogens (tertiary/aromatic N) is 1. The van der Waals surface area contributed by atoms with Crippen molar-refractivity contribution < 1.29 is 14.3 Å². The van der Waals surface area contributed by atoms with E-state index in [-0.39, 0.29) is 11.2 Å². The summed E-state index contributed by atoms with van der Waals surface area (Å²) in [4.78, 5) is 15.4. The summed E-state index contributed by atoms with van der Waals surface area (Å²) in [6.45, 7) is 2.41. The van der Waals surface area contributed by atoms with E-state index in [1.54, 1.807) is 26.2 Å². The molecule has 2 aromatic rings. The highest BCUT2D eigenvalue weighted by Crippen LogP contribution is 2.29. The smallest absolute Gasteiger partial charge is 0.235 e. The number of hydrogen-bond donors (Lipinski definition) is 0. The quantitative estimate of drug-likeness (QED) is 0.664. The van der Waals surface area contributed by atoms with Crippen molar-refractivity contribution in [2.45, 2.75) is 23.6 Å². The average Bonchev–Trinajstić information content (AvgIpc) is 2.62. The number of amides is 1. The fourth-order valence-electron chi connectivity index (χ4n) is 2.41. The van der Waals surface area contributed by atoms with Crippen LogP contribution < -0.4 is 9.47 Å². The lowest BCUT2D eigenvalue weighted by Crippen LogP contribution is -2.32. The molecule has 2 aromatic carbocycles. The maximum Gasteiger partial charge on any atom is 0.235 e. The zero-order valence-electron chi connectivity index (χ0n) is 14.8. The summed E-state index contributed by atoms with van der Waals surface area (Å²) < 4.78 is 10.6. The van der Waals surface area contributed by atoms with E-state index in [0.29, 0.717) is 23.1 Å². The summed E-state index contributed by atoms with van der Waals surface area (Å²) in [6.07, 6.45) is 0. The molecule has 25 heavy (non-hydrogen) atoms. The number of carbonyl (C=O) groups is 1. The second-order valence-electron chi connectivity index (χ2n) is 5.60. The Hall–Kier alpha value is -1.85. The molecule has 0 aliphatic rings. The van der Waals surface area contributed by atoms with Gasteiger partial charge in [0.2, 0.25) is 5.91 Å². The van der Waals surface area contributed by atoms with Crippen molar-refractivity contribution in [3.63, 3.8) is 0 Å². The SMILES string of the molecule is COc1ccc(CN(C)C(=O)[C@@H](C)Sc2ccc(Cl)cc2)cc1OC. The van der Waals surface area contributed by atoms with Crippen LogP contribution in [0.3, 0.4) is 0 Å². The maximum absolute atomic E-state index is 12.6. The highest BCUT2D eigenvalue weighted by atomic mass is 35.5. The first-order chi connectivity index (χ1) is 11.9. The van der Waals surface area contributed by atoms with Gasteiger partial charge < -0.3 is 14.4 Å². The van der Waals surface area contributed by atoms with Crippen molar-refractivity contribution in [3.05, 3.63) is 53.1 Å². The van der Waals surface area contributed by atoms with E-state index >= 15 is 0 Å². The van der Waals surface area contributed by atoms with Gasteiger partial charge in [0, 0.05) is 23.5 Å². The fraction of sp³-hybridized carbons (Fsp3) is 0.316. The molecule has 0 spiro atoms. The second kappa shape index (κ2) is 9.02. The van der Waals surface area contributed by atoms with Crippen LogP contribution in [0, 0.1) is 0 Å². The lowest BCUT2D eigenvalue weighted by atomic mass is 10.2. The van der Waals surface area contributed by atoms with Crippen LogP contribution in [0.1, 0.15) is 12.5 Å². The zero-order valence-corrected chi connectivity index (χ0v) is 16.4. The van der Waals surface area contributed by atoms with Crippen LogP contribution in [0.2, 0.25) is 5.02 Å². The molecule has 2 rings (SSSR count). The van der Waals surface area contributed by atoms with Crippen molar-refractivity contribution in [3.8, 4) is 11.5 Å². The molecule has 4 nitrogen and oxygen atoms in total. The predicted molar refractivity (Wildman–Crippen MR) is 103 cm³/mol. The van der Waals surface area contributed by atoms with Crippen molar-refractivity contribution in [2.75, 3.05) is 21.3 Å². The molecule has 0 fully saturated rings. The molecule has 0 aromatic heterocycles. The van der Waals surface area contributed by atoms with E-state index < -0.39 is 0 Å². The Morgan fingerprint density at radius 1 is 1.12 bits per heavy atom. The molecule has 0 aliphatic heterocycles. The van der Waals surface area contributed by atoms with E-state index in [9.17, 15) is 4.79 Å². The Morgan fingerprint density at radius 2 is 1.76 bits per heavy atom. The summed E-state index contributed by atoms with van der Waals surface area (Å²) in [5, 5.41) is 0.500. The normalized spacial score (nSPS) is 11.7. The molecule has 0 saturated carbocycles. The lowest BCUT2D eigenvalue weighted by Gasteiger charge is -2.22. The van der Waals surface area contributed by atoms with E-state index in [2.05, 4.69) is 0 Å². The molecule has 0 aliphatic carbocycles. The van der Waals surface area contributed by atoms with E-state index in [1.807, 2.05) is 49.4 Å².